The van der Waals surface area contributed by atoms with Crippen molar-refractivity contribution in [2.75, 3.05) is 39.8 Å². The number of rotatable bonds is 8. The Morgan fingerprint density at radius 1 is 0.905 bits per heavy atom. The van der Waals surface area contributed by atoms with Crippen molar-refractivity contribution in [3.63, 3.8) is 0 Å². The Kier molecular flexibility index (Phi) is 8.66. The standard InChI is InChI=1S/C36H46N4O2/c1-27(2)32-11-7-8-12-33(32)34-26-38(25-28-13-15-31(42-3)16-14-28)21-22-40(34)30-23-36(24-30)17-19-39(20-18-36)37-35(41)29-9-5-4-6-10-29/h4-16,27,30,34H,17-26H2,1-3H3,(H,37,41)/t34-/m0/s1. The molecule has 1 aliphatic carbocycles. The minimum Gasteiger partial charge on any atom is -0.497 e. The number of hydrazine groups is 1. The van der Waals surface area contributed by atoms with Gasteiger partial charge in [0.05, 0.1) is 7.11 Å². The summed E-state index contributed by atoms with van der Waals surface area (Å²) in [6.07, 6.45) is 4.85. The monoisotopic (exact) mass is 566 g/mol. The molecular weight excluding hydrogens is 520 g/mol. The van der Waals surface area contributed by atoms with Crippen LogP contribution in [0.3, 0.4) is 0 Å². The first-order valence-electron chi connectivity index (χ1n) is 15.7. The molecule has 42 heavy (non-hydrogen) atoms. The topological polar surface area (TPSA) is 48.1 Å². The smallest absolute Gasteiger partial charge is 0.265 e. The van der Waals surface area contributed by atoms with Crippen molar-refractivity contribution in [1.29, 1.82) is 0 Å². The van der Waals surface area contributed by atoms with Crippen molar-refractivity contribution in [3.8, 4) is 5.75 Å². The number of nitrogens with one attached hydrogen (secondary N) is 1. The normalized spacial score (nSPS) is 21.8. The van der Waals surface area contributed by atoms with Crippen LogP contribution in [-0.4, -0.2) is 66.6 Å². The molecule has 0 unspecified atom stereocenters. The summed E-state index contributed by atoms with van der Waals surface area (Å²) in [6, 6.07) is 28.3. The molecule has 0 aromatic heterocycles. The first-order valence-corrected chi connectivity index (χ1v) is 15.7. The summed E-state index contributed by atoms with van der Waals surface area (Å²) < 4.78 is 5.38. The summed E-state index contributed by atoms with van der Waals surface area (Å²) in [5, 5.41) is 2.13. The van der Waals surface area contributed by atoms with Gasteiger partial charge in [-0.1, -0.05) is 68.4 Å². The lowest BCUT2D eigenvalue weighted by Gasteiger charge is -2.58. The Bertz CT molecular complexity index is 1330. The van der Waals surface area contributed by atoms with Gasteiger partial charge in [-0.15, -0.1) is 0 Å². The van der Waals surface area contributed by atoms with Crippen molar-refractivity contribution in [1.82, 2.24) is 20.2 Å². The van der Waals surface area contributed by atoms with Gasteiger partial charge in [0.1, 0.15) is 5.75 Å². The third-order valence-corrected chi connectivity index (χ3v) is 9.97. The van der Waals surface area contributed by atoms with E-state index in [1.807, 2.05) is 30.3 Å². The summed E-state index contributed by atoms with van der Waals surface area (Å²) in [5.74, 6) is 1.41. The molecule has 2 aliphatic heterocycles. The van der Waals surface area contributed by atoms with Crippen molar-refractivity contribution < 1.29 is 9.53 Å². The van der Waals surface area contributed by atoms with Gasteiger partial charge in [-0.2, -0.15) is 0 Å². The number of carbonyl (C=O) groups is 1. The number of carbonyl (C=O) groups excluding carboxylic acids is 1. The van der Waals surface area contributed by atoms with Crippen molar-refractivity contribution >= 4 is 5.91 Å². The van der Waals surface area contributed by atoms with E-state index < -0.39 is 0 Å². The molecular formula is C36H46N4O2. The van der Waals surface area contributed by atoms with Crippen LogP contribution in [0.1, 0.15) is 78.5 Å². The van der Waals surface area contributed by atoms with Crippen molar-refractivity contribution in [2.45, 2.75) is 64.1 Å². The Morgan fingerprint density at radius 2 is 1.60 bits per heavy atom. The number of piperidine rings is 1. The summed E-state index contributed by atoms with van der Waals surface area (Å²) in [4.78, 5) is 18.2. The summed E-state index contributed by atoms with van der Waals surface area (Å²) in [6.45, 7) is 10.7. The number of ether oxygens (including phenoxy) is 1. The highest BCUT2D eigenvalue weighted by Gasteiger charge is 2.50. The number of piperazine rings is 1. The van der Waals surface area contributed by atoms with Gasteiger partial charge in [0.25, 0.3) is 5.91 Å². The maximum Gasteiger partial charge on any atom is 0.265 e. The molecule has 2 heterocycles. The Hall–Kier alpha value is -3.19. The van der Waals surface area contributed by atoms with E-state index in [1.165, 1.54) is 29.5 Å². The molecule has 3 aromatic carbocycles. The number of benzene rings is 3. The third kappa shape index (κ3) is 6.26. The van der Waals surface area contributed by atoms with Crippen LogP contribution < -0.4 is 10.2 Å². The van der Waals surface area contributed by atoms with E-state index in [-0.39, 0.29) is 5.91 Å². The Labute approximate surface area is 251 Å². The second-order valence-corrected chi connectivity index (χ2v) is 13.0. The number of hydrogen-bond acceptors (Lipinski definition) is 5. The van der Waals surface area contributed by atoms with E-state index in [1.54, 1.807) is 7.11 Å². The fraction of sp³-hybridized carbons (Fsp3) is 0.472. The zero-order valence-corrected chi connectivity index (χ0v) is 25.5. The molecule has 0 bridgehead atoms. The quantitative estimate of drug-likeness (QED) is 0.349. The van der Waals surface area contributed by atoms with Gasteiger partial charge in [-0.3, -0.25) is 20.0 Å². The van der Waals surface area contributed by atoms with Crippen molar-refractivity contribution in [3.05, 3.63) is 101 Å². The van der Waals surface area contributed by atoms with Crippen LogP contribution in [0.5, 0.6) is 5.75 Å². The molecule has 6 heteroatoms. The fourth-order valence-electron chi connectivity index (χ4n) is 7.51. The maximum atomic E-state index is 12.7. The Morgan fingerprint density at radius 3 is 2.29 bits per heavy atom. The van der Waals surface area contributed by atoms with Gasteiger partial charge >= 0.3 is 0 Å². The minimum absolute atomic E-state index is 0.00259. The van der Waals surface area contributed by atoms with Gasteiger partial charge in [-0.05, 0) is 78.0 Å². The lowest BCUT2D eigenvalue weighted by molar-refractivity contribution is -0.0813. The highest BCUT2D eigenvalue weighted by Crippen LogP contribution is 2.52. The summed E-state index contributed by atoms with van der Waals surface area (Å²) >= 11 is 0. The predicted molar refractivity (Wildman–Crippen MR) is 168 cm³/mol. The second kappa shape index (κ2) is 12.6. The average Bonchev–Trinajstić information content (AvgIpc) is 3.01. The highest BCUT2D eigenvalue weighted by molar-refractivity contribution is 5.93. The average molecular weight is 567 g/mol. The molecule has 1 atom stereocenters. The van der Waals surface area contributed by atoms with E-state index in [9.17, 15) is 4.79 Å². The molecule has 0 radical (unpaired) electrons. The van der Waals surface area contributed by atoms with E-state index in [2.05, 4.69) is 82.6 Å². The van der Waals surface area contributed by atoms with Gasteiger partial charge in [0, 0.05) is 56.9 Å². The molecule has 2 saturated heterocycles. The molecule has 1 spiro atoms. The van der Waals surface area contributed by atoms with E-state index >= 15 is 0 Å². The van der Waals surface area contributed by atoms with Crippen LogP contribution in [0.4, 0.5) is 0 Å². The largest absolute Gasteiger partial charge is 0.497 e. The number of hydrogen-bond donors (Lipinski definition) is 1. The molecule has 222 valence electrons. The highest BCUT2D eigenvalue weighted by atomic mass is 16.5. The summed E-state index contributed by atoms with van der Waals surface area (Å²) in [5.41, 5.74) is 8.61. The van der Waals surface area contributed by atoms with Gasteiger partial charge in [0.15, 0.2) is 0 Å². The first kappa shape index (κ1) is 28.9. The number of methoxy groups -OCH3 is 1. The second-order valence-electron chi connectivity index (χ2n) is 13.0. The Balaban J connectivity index is 1.11. The zero-order chi connectivity index (χ0) is 29.1. The number of nitrogens with zero attached hydrogens (tertiary/aromatic N) is 3. The predicted octanol–water partition coefficient (Wildman–Crippen LogP) is 6.27. The van der Waals surface area contributed by atoms with Gasteiger partial charge in [0.2, 0.25) is 0 Å². The molecule has 3 aromatic rings. The van der Waals surface area contributed by atoms with Crippen LogP contribution >= 0.6 is 0 Å². The van der Waals surface area contributed by atoms with Crippen molar-refractivity contribution in [2.24, 2.45) is 5.41 Å². The van der Waals surface area contributed by atoms with E-state index in [0.29, 0.717) is 23.4 Å². The molecule has 3 aliphatic rings. The lowest BCUT2D eigenvalue weighted by Crippen LogP contribution is -2.60. The van der Waals surface area contributed by atoms with E-state index in [4.69, 9.17) is 4.74 Å². The zero-order valence-electron chi connectivity index (χ0n) is 25.5. The van der Waals surface area contributed by atoms with Crippen LogP contribution in [0.2, 0.25) is 0 Å². The third-order valence-electron chi connectivity index (χ3n) is 9.97. The van der Waals surface area contributed by atoms with Gasteiger partial charge in [-0.25, -0.2) is 5.01 Å². The van der Waals surface area contributed by atoms with E-state index in [0.717, 1.165) is 63.4 Å². The molecule has 1 N–H and O–H groups in total. The lowest BCUT2D eigenvalue weighted by atomic mass is 9.59. The van der Waals surface area contributed by atoms with Crippen LogP contribution in [0.25, 0.3) is 0 Å². The molecule has 1 saturated carbocycles. The fourth-order valence-corrected chi connectivity index (χ4v) is 7.51. The molecule has 6 nitrogen and oxygen atoms in total. The molecule has 1 amide bonds. The minimum atomic E-state index is -0.00259. The van der Waals surface area contributed by atoms with Crippen LogP contribution in [0.15, 0.2) is 78.9 Å². The first-order chi connectivity index (χ1) is 20.4. The number of amides is 1. The molecule has 3 fully saturated rings. The maximum absolute atomic E-state index is 12.7. The van der Waals surface area contributed by atoms with Gasteiger partial charge < -0.3 is 4.74 Å². The summed E-state index contributed by atoms with van der Waals surface area (Å²) in [7, 11) is 1.72. The van der Waals surface area contributed by atoms with Crippen LogP contribution in [-0.2, 0) is 6.54 Å². The molecule has 6 rings (SSSR count). The van der Waals surface area contributed by atoms with Crippen LogP contribution in [0, 0.1) is 5.41 Å². The SMILES string of the molecule is COc1ccc(CN2CCN(C3CC4(CCN(NC(=O)c5ccccc5)CC4)C3)[C@H](c3ccccc3C(C)C)C2)cc1.